The molecule has 1 aromatic rings. The van der Waals surface area contributed by atoms with Gasteiger partial charge in [0.25, 0.3) is 5.91 Å². The molecule has 9 N–H and O–H groups in total. The molecule has 0 aromatic heterocycles. The lowest BCUT2D eigenvalue weighted by Crippen LogP contribution is -2.37. The monoisotopic (exact) mass is 621 g/mol. The standard InChI is InChI=1S/C31H47N3O10/c1-16-10-21-26(33-14-20(36)15-35)23(37)13-22(28(21)39)34-30(40)17(2)8-7-9-24(42-5)29(44-31(32)41)19(4)12-18(3)27(38)25(11-16)43-6/h7-9,12-13,16,18,20,24-25,27,29,33,35-39H,10-11,14-15H2,1-6H3,(H2,32,41)(H,34,40)/b9-7-,17-8+,19-12+/t16-,18+,20+,24+,25+,27-,29-/m1/s1. The van der Waals surface area contributed by atoms with E-state index in [9.17, 15) is 35.1 Å². The molecule has 2 bridgehead atoms. The van der Waals surface area contributed by atoms with Gasteiger partial charge >= 0.3 is 6.09 Å². The minimum atomic E-state index is -1.12. The van der Waals surface area contributed by atoms with Crippen molar-refractivity contribution in [3.63, 3.8) is 0 Å². The van der Waals surface area contributed by atoms with Gasteiger partial charge in [-0.05, 0) is 38.2 Å². The number of rotatable bonds is 7. The number of primary amides is 1. The molecule has 7 atom stereocenters. The Morgan fingerprint density at radius 3 is 2.48 bits per heavy atom. The highest BCUT2D eigenvalue weighted by molar-refractivity contribution is 6.04. The molecule has 13 nitrogen and oxygen atoms in total. The first kappa shape index (κ1) is 36.6. The van der Waals surface area contributed by atoms with Crippen molar-refractivity contribution in [3.8, 4) is 11.5 Å². The van der Waals surface area contributed by atoms with Crippen LogP contribution in [0.4, 0.5) is 16.2 Å². The Morgan fingerprint density at radius 1 is 1.20 bits per heavy atom. The molecule has 0 spiro atoms. The number of fused-ring (bicyclic) bond motifs is 2. The van der Waals surface area contributed by atoms with Crippen molar-refractivity contribution in [2.45, 2.75) is 71.1 Å². The molecule has 2 amide bonds. The number of aliphatic hydroxyl groups is 3. The predicted molar refractivity (Wildman–Crippen MR) is 165 cm³/mol. The van der Waals surface area contributed by atoms with Gasteiger partial charge in [-0.3, -0.25) is 4.79 Å². The molecule has 13 heteroatoms. The van der Waals surface area contributed by atoms with E-state index in [1.807, 2.05) is 6.92 Å². The summed E-state index contributed by atoms with van der Waals surface area (Å²) in [4.78, 5) is 24.8. The van der Waals surface area contributed by atoms with E-state index in [1.165, 1.54) is 26.4 Å². The molecule has 0 radical (unpaired) electrons. The SMILES string of the molecule is CO[C@H]1/C=C\C=C(/C)C(=O)Nc2cc(O)c(NC[C@H](O)CO)c(c2O)C[C@@H](C)C[C@H](OC)[C@H](O)[C@@H](C)/C=C(\C)[C@H]1OC(N)=O. The molecule has 1 aliphatic heterocycles. The van der Waals surface area contributed by atoms with E-state index in [1.54, 1.807) is 39.0 Å². The Kier molecular flexibility index (Phi) is 14.1. The highest BCUT2D eigenvalue weighted by atomic mass is 16.6. The van der Waals surface area contributed by atoms with E-state index in [-0.39, 0.29) is 52.9 Å². The van der Waals surface area contributed by atoms with Crippen LogP contribution in [0.5, 0.6) is 11.5 Å². The fraction of sp³-hybridized carbons (Fsp3) is 0.548. The summed E-state index contributed by atoms with van der Waals surface area (Å²) in [7, 11) is 2.90. The van der Waals surface area contributed by atoms with Crippen LogP contribution in [0.2, 0.25) is 0 Å². The van der Waals surface area contributed by atoms with Gasteiger partial charge in [0.2, 0.25) is 0 Å². The van der Waals surface area contributed by atoms with Crippen LogP contribution in [0.15, 0.2) is 41.5 Å². The number of methoxy groups -OCH3 is 2. The number of hydrogen-bond acceptors (Lipinski definition) is 11. The van der Waals surface area contributed by atoms with E-state index in [0.717, 1.165) is 0 Å². The first-order valence-corrected chi connectivity index (χ1v) is 14.4. The van der Waals surface area contributed by atoms with Gasteiger partial charge in [-0.25, -0.2) is 4.79 Å². The topological polar surface area (TPSA) is 213 Å². The van der Waals surface area contributed by atoms with Crippen LogP contribution in [0.25, 0.3) is 0 Å². The van der Waals surface area contributed by atoms with E-state index in [0.29, 0.717) is 12.0 Å². The van der Waals surface area contributed by atoms with E-state index in [4.69, 9.17) is 19.9 Å². The van der Waals surface area contributed by atoms with Gasteiger partial charge < -0.3 is 56.1 Å². The first-order valence-electron chi connectivity index (χ1n) is 14.4. The maximum atomic E-state index is 13.0. The van der Waals surface area contributed by atoms with Crippen LogP contribution in [0.3, 0.4) is 0 Å². The average Bonchev–Trinajstić information content (AvgIpc) is 2.97. The van der Waals surface area contributed by atoms with Crippen molar-refractivity contribution in [2.75, 3.05) is 38.0 Å². The van der Waals surface area contributed by atoms with Crippen LogP contribution >= 0.6 is 0 Å². The minimum absolute atomic E-state index is 0.0425. The molecule has 2 rings (SSSR count). The fourth-order valence-electron chi connectivity index (χ4n) is 5.09. The third-order valence-electron chi connectivity index (χ3n) is 7.56. The number of carbonyl (C=O) groups is 2. The zero-order valence-electron chi connectivity index (χ0n) is 26.1. The van der Waals surface area contributed by atoms with Gasteiger partial charge in [-0.15, -0.1) is 0 Å². The zero-order chi connectivity index (χ0) is 33.1. The lowest BCUT2D eigenvalue weighted by atomic mass is 9.87. The highest BCUT2D eigenvalue weighted by Crippen LogP contribution is 2.42. The summed E-state index contributed by atoms with van der Waals surface area (Å²) in [6.45, 7) is 6.31. The Hall–Kier alpha value is -3.62. The summed E-state index contributed by atoms with van der Waals surface area (Å²) < 4.78 is 16.6. The van der Waals surface area contributed by atoms with Gasteiger partial charge in [-0.2, -0.15) is 0 Å². The molecule has 0 saturated carbocycles. The molecular weight excluding hydrogens is 574 g/mol. The Balaban J connectivity index is 2.66. The molecule has 44 heavy (non-hydrogen) atoms. The molecule has 0 aliphatic carbocycles. The quantitative estimate of drug-likeness (QED) is 0.126. The maximum Gasteiger partial charge on any atom is 0.405 e. The lowest BCUT2D eigenvalue weighted by Gasteiger charge is -2.29. The number of allylic oxidation sites excluding steroid dienone is 2. The molecule has 0 unspecified atom stereocenters. The van der Waals surface area contributed by atoms with Gasteiger partial charge in [-0.1, -0.05) is 38.2 Å². The number of carbonyl (C=O) groups excluding carboxylic acids is 2. The first-order chi connectivity index (χ1) is 20.7. The van der Waals surface area contributed by atoms with Crippen molar-refractivity contribution >= 4 is 23.4 Å². The number of amides is 2. The molecule has 1 aliphatic rings. The van der Waals surface area contributed by atoms with Crippen LogP contribution < -0.4 is 16.4 Å². The number of anilines is 2. The molecular formula is C31H47N3O10. The average molecular weight is 622 g/mol. The van der Waals surface area contributed by atoms with Crippen LogP contribution in [-0.2, 0) is 25.4 Å². The third kappa shape index (κ3) is 9.96. The minimum Gasteiger partial charge on any atom is -0.506 e. The number of hydrogen-bond donors (Lipinski definition) is 8. The van der Waals surface area contributed by atoms with Crippen LogP contribution in [0, 0.1) is 11.8 Å². The van der Waals surface area contributed by atoms with E-state index >= 15 is 0 Å². The van der Waals surface area contributed by atoms with Gasteiger partial charge in [0.05, 0.1) is 36.3 Å². The van der Waals surface area contributed by atoms with Crippen molar-refractivity contribution in [2.24, 2.45) is 17.6 Å². The Labute approximate surface area is 258 Å². The number of nitrogens with two attached hydrogens (primary N) is 1. The third-order valence-corrected chi connectivity index (χ3v) is 7.56. The second-order valence-corrected chi connectivity index (χ2v) is 11.2. The molecule has 1 aromatic carbocycles. The van der Waals surface area contributed by atoms with Crippen LogP contribution in [-0.4, -0.2) is 95.4 Å². The Bertz CT molecular complexity index is 1230. The van der Waals surface area contributed by atoms with Gasteiger partial charge in [0, 0.05) is 43.9 Å². The van der Waals surface area contributed by atoms with Crippen LogP contribution in [0.1, 0.15) is 39.7 Å². The number of phenols is 2. The smallest absolute Gasteiger partial charge is 0.405 e. The van der Waals surface area contributed by atoms with Crippen molar-refractivity contribution in [1.82, 2.24) is 0 Å². The summed E-state index contributed by atoms with van der Waals surface area (Å²) in [6, 6.07) is 1.19. The summed E-state index contributed by atoms with van der Waals surface area (Å²) in [5.74, 6) is -1.85. The summed E-state index contributed by atoms with van der Waals surface area (Å²) in [5, 5.41) is 58.0. The maximum absolute atomic E-state index is 13.0. The number of benzene rings is 1. The number of ether oxygens (including phenoxy) is 3. The van der Waals surface area contributed by atoms with E-state index in [2.05, 4.69) is 10.6 Å². The lowest BCUT2D eigenvalue weighted by molar-refractivity contribution is -0.112. The summed E-state index contributed by atoms with van der Waals surface area (Å²) >= 11 is 0. The fourth-order valence-corrected chi connectivity index (χ4v) is 5.09. The number of aliphatic hydroxyl groups excluding tert-OH is 3. The number of phenolic OH excluding ortho intramolecular Hbond substituents is 2. The second-order valence-electron chi connectivity index (χ2n) is 11.2. The Morgan fingerprint density at radius 2 is 1.89 bits per heavy atom. The van der Waals surface area contributed by atoms with Crippen molar-refractivity contribution in [3.05, 3.63) is 47.1 Å². The summed E-state index contributed by atoms with van der Waals surface area (Å²) in [5.41, 5.74) is 6.52. The van der Waals surface area contributed by atoms with E-state index < -0.39 is 55.0 Å². The highest BCUT2D eigenvalue weighted by Gasteiger charge is 2.30. The van der Waals surface area contributed by atoms with Crippen molar-refractivity contribution < 1.29 is 49.3 Å². The molecule has 246 valence electrons. The number of aromatic hydroxyl groups is 2. The molecule has 0 saturated heterocycles. The largest absolute Gasteiger partial charge is 0.506 e. The summed E-state index contributed by atoms with van der Waals surface area (Å²) in [6.07, 6.45) is 1.40. The molecule has 0 fully saturated rings. The normalized spacial score (nSPS) is 29.3. The van der Waals surface area contributed by atoms with Gasteiger partial charge in [0.1, 0.15) is 17.6 Å². The van der Waals surface area contributed by atoms with Crippen molar-refractivity contribution in [1.29, 1.82) is 0 Å². The zero-order valence-corrected chi connectivity index (χ0v) is 26.1. The predicted octanol–water partition coefficient (Wildman–Crippen LogP) is 2.32. The number of nitrogens with one attached hydrogen (secondary N) is 2. The second kappa shape index (κ2) is 17.0. The van der Waals surface area contributed by atoms with Gasteiger partial charge in [0.15, 0.2) is 6.10 Å². The molecule has 1 heterocycles.